The van der Waals surface area contributed by atoms with Gasteiger partial charge in [-0.05, 0) is 0 Å². The van der Waals surface area contributed by atoms with Crippen molar-refractivity contribution in [1.29, 1.82) is 0 Å². The van der Waals surface area contributed by atoms with Crippen molar-refractivity contribution in [2.45, 2.75) is 0 Å². The molecule has 0 radical (unpaired) electrons. The first-order chi connectivity index (χ1) is 5.29. The average molecular weight is 180 g/mol. The Morgan fingerprint density at radius 2 is 1.00 bits per heavy atom. The van der Waals surface area contributed by atoms with Crippen LogP contribution < -0.4 is 0 Å². The number of hydrogen-bond acceptors (Lipinski definition) is 2. The highest BCUT2D eigenvalue weighted by Crippen LogP contribution is 1.86. The maximum atomic E-state index is 11.0. The summed E-state index contributed by atoms with van der Waals surface area (Å²) in [4.78, 5) is 18.4. The Balaban J connectivity index is 0. The first-order valence-corrected chi connectivity index (χ1v) is 2.44. The minimum atomic E-state index is -1.60. The molecule has 0 aromatic heterocycles. The van der Waals surface area contributed by atoms with Crippen LogP contribution in [0.5, 0.6) is 0 Å². The predicted octanol–water partition coefficient (Wildman–Crippen LogP) is 1.11. The summed E-state index contributed by atoms with van der Waals surface area (Å²) in [6, 6.07) is 0. The molecule has 0 bridgehead atoms. The lowest BCUT2D eigenvalue weighted by Crippen LogP contribution is -1.90. The van der Waals surface area contributed by atoms with Crippen LogP contribution in [0.4, 0.5) is 8.78 Å². The summed E-state index contributed by atoms with van der Waals surface area (Å²) in [6.45, 7) is 4.98. The molecule has 0 rings (SSSR count). The van der Waals surface area contributed by atoms with Crippen LogP contribution in [-0.2, 0) is 9.59 Å². The number of rotatable bonds is 2. The number of carboxylic acid groups (broad SMARTS) is 2. The quantitative estimate of drug-likeness (QED) is 0.624. The Morgan fingerprint density at radius 1 is 0.917 bits per heavy atom. The van der Waals surface area contributed by atoms with Gasteiger partial charge in [0.1, 0.15) is 0 Å². The van der Waals surface area contributed by atoms with Crippen LogP contribution in [0.3, 0.4) is 0 Å². The lowest BCUT2D eigenvalue weighted by atomic mass is 10.6. The molecule has 0 aromatic rings. The Bertz CT molecular complexity index is 174. The zero-order valence-corrected chi connectivity index (χ0v) is 5.88. The summed E-state index contributed by atoms with van der Waals surface area (Å²) >= 11 is 0. The maximum absolute atomic E-state index is 11.0. The second kappa shape index (κ2) is 6.02. The molecule has 0 fully saturated rings. The minimum absolute atomic E-state index is 1.32. The van der Waals surface area contributed by atoms with Gasteiger partial charge in [0, 0.05) is 0 Å². The molecule has 0 aliphatic carbocycles. The third-order valence-electron chi connectivity index (χ3n) is 0.464. The fourth-order valence-electron chi connectivity index (χ4n) is 0. The Labute approximate surface area is 66.4 Å². The van der Waals surface area contributed by atoms with Crippen LogP contribution in [0, 0.1) is 0 Å². The summed E-state index contributed by atoms with van der Waals surface area (Å²) in [6.07, 6.45) is 0. The molecule has 2 N–H and O–H groups in total. The Kier molecular flexibility index (Phi) is 6.48. The predicted molar refractivity (Wildman–Crippen MR) is 35.8 cm³/mol. The van der Waals surface area contributed by atoms with E-state index in [-0.39, 0.29) is 0 Å². The molecule has 0 saturated heterocycles. The van der Waals surface area contributed by atoms with Crippen LogP contribution in [-0.4, -0.2) is 22.2 Å². The molecule has 0 aliphatic rings. The lowest BCUT2D eigenvalue weighted by molar-refractivity contribution is -0.135. The van der Waals surface area contributed by atoms with Crippen molar-refractivity contribution >= 4 is 11.9 Å². The molecule has 0 amide bonds. The zero-order valence-electron chi connectivity index (χ0n) is 5.88. The summed E-state index contributed by atoms with van der Waals surface area (Å²) in [5, 5.41) is 15.0. The normalized spacial score (nSPS) is 7.50. The topological polar surface area (TPSA) is 74.6 Å². The number of carbonyl (C=O) groups is 2. The van der Waals surface area contributed by atoms with Gasteiger partial charge in [-0.3, -0.25) is 0 Å². The standard InChI is InChI=1S/2C3H3FO2/c2*1-2(4)3(5)6/h2*1H2,(H,5,6). The van der Waals surface area contributed by atoms with Gasteiger partial charge >= 0.3 is 11.9 Å². The third kappa shape index (κ3) is 11.1. The monoisotopic (exact) mass is 180 g/mol. The number of carboxylic acids is 2. The van der Waals surface area contributed by atoms with Gasteiger partial charge in [-0.25, -0.2) is 9.59 Å². The van der Waals surface area contributed by atoms with Crippen LogP contribution in [0.2, 0.25) is 0 Å². The molecule has 6 heteroatoms. The third-order valence-corrected chi connectivity index (χ3v) is 0.464. The van der Waals surface area contributed by atoms with Gasteiger partial charge < -0.3 is 10.2 Å². The van der Waals surface area contributed by atoms with Gasteiger partial charge in [0.2, 0.25) is 11.7 Å². The Morgan fingerprint density at radius 3 is 1.00 bits per heavy atom. The van der Waals surface area contributed by atoms with Gasteiger partial charge in [0.15, 0.2) is 0 Å². The Hall–Kier alpha value is -1.72. The molecule has 4 nitrogen and oxygen atoms in total. The molecule has 68 valence electrons. The van der Waals surface area contributed by atoms with Gasteiger partial charge in [-0.2, -0.15) is 8.78 Å². The van der Waals surface area contributed by atoms with Crippen molar-refractivity contribution in [3.63, 3.8) is 0 Å². The highest BCUT2D eigenvalue weighted by molar-refractivity contribution is 5.83. The molecular formula is C6H6F2O4. The number of halogens is 2. The average Bonchev–Trinajstić information content (AvgIpc) is 1.88. The zero-order chi connectivity index (χ0) is 10.3. The molecule has 0 heterocycles. The van der Waals surface area contributed by atoms with E-state index in [1.54, 1.807) is 0 Å². The van der Waals surface area contributed by atoms with Crippen LogP contribution in [0.1, 0.15) is 0 Å². The van der Waals surface area contributed by atoms with E-state index in [2.05, 4.69) is 13.2 Å². The fraction of sp³-hybridized carbons (Fsp3) is 0. The van der Waals surface area contributed by atoms with Crippen molar-refractivity contribution in [3.8, 4) is 0 Å². The van der Waals surface area contributed by atoms with Gasteiger partial charge in [0.25, 0.3) is 0 Å². The smallest absolute Gasteiger partial charge is 0.364 e. The van der Waals surface area contributed by atoms with E-state index in [9.17, 15) is 18.4 Å². The van der Waals surface area contributed by atoms with E-state index in [1.165, 1.54) is 0 Å². The van der Waals surface area contributed by atoms with Gasteiger partial charge in [0.05, 0.1) is 0 Å². The summed E-state index contributed by atoms with van der Waals surface area (Å²) < 4.78 is 22.1. The van der Waals surface area contributed by atoms with E-state index >= 15 is 0 Å². The fourth-order valence-corrected chi connectivity index (χ4v) is 0. The molecular weight excluding hydrogens is 174 g/mol. The van der Waals surface area contributed by atoms with E-state index in [1.807, 2.05) is 0 Å². The minimum Gasteiger partial charge on any atom is -0.476 e. The van der Waals surface area contributed by atoms with Gasteiger partial charge in [-0.15, -0.1) is 0 Å². The maximum Gasteiger partial charge on any atom is 0.364 e. The molecule has 0 atom stereocenters. The largest absolute Gasteiger partial charge is 0.476 e. The first-order valence-electron chi connectivity index (χ1n) is 2.44. The lowest BCUT2D eigenvalue weighted by Gasteiger charge is -1.75. The van der Waals surface area contributed by atoms with Crippen LogP contribution >= 0.6 is 0 Å². The second-order valence-electron chi connectivity index (χ2n) is 1.42. The van der Waals surface area contributed by atoms with Crippen molar-refractivity contribution < 1.29 is 28.6 Å². The van der Waals surface area contributed by atoms with Crippen molar-refractivity contribution in [2.24, 2.45) is 0 Å². The molecule has 0 spiro atoms. The summed E-state index contributed by atoms with van der Waals surface area (Å²) in [5.74, 6) is -5.85. The number of aliphatic carboxylic acids is 2. The van der Waals surface area contributed by atoms with E-state index in [0.717, 1.165) is 0 Å². The van der Waals surface area contributed by atoms with Gasteiger partial charge in [-0.1, -0.05) is 13.2 Å². The number of hydrogen-bond donors (Lipinski definition) is 2. The molecule has 0 saturated carbocycles. The van der Waals surface area contributed by atoms with Crippen LogP contribution in [0.25, 0.3) is 0 Å². The van der Waals surface area contributed by atoms with E-state index in [0.29, 0.717) is 0 Å². The highest BCUT2D eigenvalue weighted by atomic mass is 19.1. The van der Waals surface area contributed by atoms with E-state index < -0.39 is 23.6 Å². The second-order valence-corrected chi connectivity index (χ2v) is 1.42. The first kappa shape index (κ1) is 12.9. The highest BCUT2D eigenvalue weighted by Gasteiger charge is 1.96. The van der Waals surface area contributed by atoms with Crippen molar-refractivity contribution in [2.75, 3.05) is 0 Å². The molecule has 0 aromatic carbocycles. The van der Waals surface area contributed by atoms with Crippen molar-refractivity contribution in [1.82, 2.24) is 0 Å². The van der Waals surface area contributed by atoms with Crippen molar-refractivity contribution in [3.05, 3.63) is 24.8 Å². The summed E-state index contributed by atoms with van der Waals surface area (Å²) in [5.41, 5.74) is 0. The summed E-state index contributed by atoms with van der Waals surface area (Å²) in [7, 11) is 0. The molecule has 12 heavy (non-hydrogen) atoms. The SMILES string of the molecule is C=C(F)C(=O)O.C=C(F)C(=O)O. The van der Waals surface area contributed by atoms with Crippen LogP contribution in [0.15, 0.2) is 24.8 Å². The molecule has 0 aliphatic heterocycles. The molecule has 0 unspecified atom stereocenters. The van der Waals surface area contributed by atoms with E-state index in [4.69, 9.17) is 10.2 Å².